The van der Waals surface area contributed by atoms with E-state index in [9.17, 15) is 0 Å². The Kier molecular flexibility index (Phi) is 4.46. The van der Waals surface area contributed by atoms with Gasteiger partial charge in [-0.05, 0) is 36.8 Å². The molecule has 0 aliphatic heterocycles. The molecule has 0 unspecified atom stereocenters. The fourth-order valence-corrected chi connectivity index (χ4v) is 2.83. The van der Waals surface area contributed by atoms with Crippen LogP contribution < -0.4 is 10.1 Å². The first kappa shape index (κ1) is 16.4. The minimum atomic E-state index is 0.461. The summed E-state index contributed by atoms with van der Waals surface area (Å²) >= 11 is 6.23. The molecule has 0 saturated heterocycles. The van der Waals surface area contributed by atoms with Crippen molar-refractivity contribution in [2.24, 2.45) is 0 Å². The third kappa shape index (κ3) is 3.34. The van der Waals surface area contributed by atoms with Crippen LogP contribution >= 0.6 is 11.6 Å². The Bertz CT molecular complexity index is 1030. The molecule has 26 heavy (non-hydrogen) atoms. The van der Waals surface area contributed by atoms with Gasteiger partial charge in [0.1, 0.15) is 23.3 Å². The lowest BCUT2D eigenvalue weighted by Gasteiger charge is -2.13. The van der Waals surface area contributed by atoms with Gasteiger partial charge >= 0.3 is 0 Å². The molecule has 0 atom stereocenters. The number of hydrogen-bond acceptors (Lipinski definition) is 4. The molecular weight excluding hydrogens is 348 g/mol. The van der Waals surface area contributed by atoms with Crippen LogP contribution in [-0.2, 0) is 6.61 Å². The lowest BCUT2D eigenvalue weighted by molar-refractivity contribution is 0.306. The van der Waals surface area contributed by atoms with E-state index in [0.29, 0.717) is 17.4 Å². The highest BCUT2D eigenvalue weighted by Gasteiger charge is 2.11. The Labute approximate surface area is 156 Å². The standard InChI is InChI=1S/C20H17ClN4O/c1-14-19(21)24-18-11-12-22-25(18)20(14)23-16-7-9-17(10-8-16)26-13-15-5-3-2-4-6-15/h2-12,23H,13H2,1H3. The van der Waals surface area contributed by atoms with E-state index in [2.05, 4.69) is 15.4 Å². The van der Waals surface area contributed by atoms with Gasteiger partial charge in [-0.15, -0.1) is 0 Å². The lowest BCUT2D eigenvalue weighted by Crippen LogP contribution is -2.04. The predicted octanol–water partition coefficient (Wildman–Crippen LogP) is 5.01. The van der Waals surface area contributed by atoms with Gasteiger partial charge in [0.15, 0.2) is 5.65 Å². The molecule has 6 heteroatoms. The molecule has 2 aromatic carbocycles. The van der Waals surface area contributed by atoms with Crippen molar-refractivity contribution in [2.75, 3.05) is 5.32 Å². The van der Waals surface area contributed by atoms with Crippen LogP contribution in [0.1, 0.15) is 11.1 Å². The molecule has 2 heterocycles. The van der Waals surface area contributed by atoms with Crippen LogP contribution in [0.25, 0.3) is 5.65 Å². The van der Waals surface area contributed by atoms with Crippen LogP contribution in [0.4, 0.5) is 11.5 Å². The lowest BCUT2D eigenvalue weighted by atomic mass is 10.2. The maximum Gasteiger partial charge on any atom is 0.159 e. The maximum atomic E-state index is 6.23. The summed E-state index contributed by atoms with van der Waals surface area (Å²) in [5.41, 5.74) is 3.59. The van der Waals surface area contributed by atoms with Crippen molar-refractivity contribution in [2.45, 2.75) is 13.5 Å². The highest BCUT2D eigenvalue weighted by atomic mass is 35.5. The van der Waals surface area contributed by atoms with E-state index >= 15 is 0 Å². The minimum Gasteiger partial charge on any atom is -0.489 e. The predicted molar refractivity (Wildman–Crippen MR) is 103 cm³/mol. The number of halogens is 1. The molecule has 0 aliphatic rings. The van der Waals surface area contributed by atoms with Gasteiger partial charge in [0.05, 0.1) is 6.20 Å². The molecule has 0 amide bonds. The third-order valence-electron chi connectivity index (χ3n) is 4.08. The first-order chi connectivity index (χ1) is 12.7. The molecule has 0 aliphatic carbocycles. The van der Waals surface area contributed by atoms with Crippen molar-refractivity contribution in [1.82, 2.24) is 14.6 Å². The number of fused-ring (bicyclic) bond motifs is 1. The topological polar surface area (TPSA) is 51.5 Å². The number of anilines is 2. The summed E-state index contributed by atoms with van der Waals surface area (Å²) in [5, 5.41) is 8.13. The maximum absolute atomic E-state index is 6.23. The van der Waals surface area contributed by atoms with E-state index in [1.165, 1.54) is 0 Å². The zero-order chi connectivity index (χ0) is 17.9. The summed E-state index contributed by atoms with van der Waals surface area (Å²) in [7, 11) is 0. The summed E-state index contributed by atoms with van der Waals surface area (Å²) in [5.74, 6) is 1.61. The monoisotopic (exact) mass is 364 g/mol. The fraction of sp³-hybridized carbons (Fsp3) is 0.100. The smallest absolute Gasteiger partial charge is 0.159 e. The molecule has 0 saturated carbocycles. The molecule has 4 rings (SSSR count). The Morgan fingerprint density at radius 1 is 1.04 bits per heavy atom. The molecular formula is C20H17ClN4O. The highest BCUT2D eigenvalue weighted by molar-refractivity contribution is 6.30. The van der Waals surface area contributed by atoms with Crippen molar-refractivity contribution in [3.05, 3.63) is 83.1 Å². The van der Waals surface area contributed by atoms with Crippen molar-refractivity contribution < 1.29 is 4.74 Å². The Balaban J connectivity index is 1.51. The van der Waals surface area contributed by atoms with Crippen LogP contribution in [0.5, 0.6) is 5.75 Å². The molecule has 0 radical (unpaired) electrons. The van der Waals surface area contributed by atoms with E-state index in [4.69, 9.17) is 16.3 Å². The summed E-state index contributed by atoms with van der Waals surface area (Å²) in [6.07, 6.45) is 1.70. The minimum absolute atomic E-state index is 0.461. The van der Waals surface area contributed by atoms with Crippen molar-refractivity contribution in [3.63, 3.8) is 0 Å². The Morgan fingerprint density at radius 2 is 1.81 bits per heavy atom. The van der Waals surface area contributed by atoms with Gasteiger partial charge in [0, 0.05) is 17.3 Å². The number of nitrogens with one attached hydrogen (secondary N) is 1. The fourth-order valence-electron chi connectivity index (χ4n) is 2.65. The van der Waals surface area contributed by atoms with Crippen LogP contribution in [0, 0.1) is 6.92 Å². The number of aromatic nitrogens is 3. The largest absolute Gasteiger partial charge is 0.489 e. The van der Waals surface area contributed by atoms with E-state index in [1.807, 2.05) is 67.6 Å². The summed E-state index contributed by atoms with van der Waals surface area (Å²) < 4.78 is 7.56. The van der Waals surface area contributed by atoms with Gasteiger partial charge in [-0.2, -0.15) is 9.61 Å². The molecule has 2 aromatic heterocycles. The van der Waals surface area contributed by atoms with E-state index in [-0.39, 0.29) is 0 Å². The third-order valence-corrected chi connectivity index (χ3v) is 4.45. The van der Waals surface area contributed by atoms with Crippen LogP contribution in [0.15, 0.2) is 66.9 Å². The zero-order valence-electron chi connectivity index (χ0n) is 14.2. The average molecular weight is 365 g/mol. The van der Waals surface area contributed by atoms with E-state index in [0.717, 1.165) is 28.4 Å². The molecule has 0 spiro atoms. The number of rotatable bonds is 5. The summed E-state index contributed by atoms with van der Waals surface area (Å²) in [6.45, 7) is 2.46. The first-order valence-corrected chi connectivity index (χ1v) is 8.62. The van der Waals surface area contributed by atoms with Crippen molar-refractivity contribution in [3.8, 4) is 5.75 Å². The van der Waals surface area contributed by atoms with Gasteiger partial charge in [-0.25, -0.2) is 4.98 Å². The van der Waals surface area contributed by atoms with Gasteiger partial charge < -0.3 is 10.1 Å². The van der Waals surface area contributed by atoms with Crippen LogP contribution in [-0.4, -0.2) is 14.6 Å². The summed E-state index contributed by atoms with van der Waals surface area (Å²) in [6, 6.07) is 19.7. The second-order valence-corrected chi connectivity index (χ2v) is 6.26. The van der Waals surface area contributed by atoms with Gasteiger partial charge in [-0.1, -0.05) is 41.9 Å². The van der Waals surface area contributed by atoms with Crippen molar-refractivity contribution in [1.29, 1.82) is 0 Å². The van der Waals surface area contributed by atoms with E-state index in [1.54, 1.807) is 10.7 Å². The zero-order valence-corrected chi connectivity index (χ0v) is 14.9. The van der Waals surface area contributed by atoms with Crippen LogP contribution in [0.3, 0.4) is 0 Å². The number of nitrogens with zero attached hydrogens (tertiary/aromatic N) is 3. The van der Waals surface area contributed by atoms with Gasteiger partial charge in [0.2, 0.25) is 0 Å². The molecule has 0 fully saturated rings. The number of hydrogen-bond donors (Lipinski definition) is 1. The molecule has 5 nitrogen and oxygen atoms in total. The molecule has 4 aromatic rings. The second-order valence-electron chi connectivity index (χ2n) is 5.90. The molecule has 0 bridgehead atoms. The quantitative estimate of drug-likeness (QED) is 0.505. The average Bonchev–Trinajstić information content (AvgIpc) is 3.13. The van der Waals surface area contributed by atoms with Crippen molar-refractivity contribution >= 4 is 28.8 Å². The molecule has 130 valence electrons. The highest BCUT2D eigenvalue weighted by Crippen LogP contribution is 2.27. The number of benzene rings is 2. The first-order valence-electron chi connectivity index (χ1n) is 8.24. The van der Waals surface area contributed by atoms with Gasteiger partial charge in [0.25, 0.3) is 0 Å². The molecule has 1 N–H and O–H groups in total. The van der Waals surface area contributed by atoms with E-state index < -0.39 is 0 Å². The number of ether oxygens (including phenoxy) is 1. The summed E-state index contributed by atoms with van der Waals surface area (Å²) in [4.78, 5) is 4.31. The Hall–Kier alpha value is -3.05. The Morgan fingerprint density at radius 3 is 2.58 bits per heavy atom. The normalized spacial score (nSPS) is 10.8. The second kappa shape index (κ2) is 7.06. The van der Waals surface area contributed by atoms with Crippen LogP contribution in [0.2, 0.25) is 5.15 Å². The van der Waals surface area contributed by atoms with Gasteiger partial charge in [-0.3, -0.25) is 0 Å². The SMILES string of the molecule is Cc1c(Cl)nc2ccnn2c1Nc1ccc(OCc2ccccc2)cc1.